The summed E-state index contributed by atoms with van der Waals surface area (Å²) in [6, 6.07) is 11.4. The molecule has 8 nitrogen and oxygen atoms in total. The Morgan fingerprint density at radius 1 is 1.06 bits per heavy atom. The van der Waals surface area contributed by atoms with Crippen molar-refractivity contribution in [2.24, 2.45) is 4.99 Å². The van der Waals surface area contributed by atoms with E-state index in [1.807, 2.05) is 48.2 Å². The molecular weight excluding hydrogens is 406 g/mol. The molecule has 32 heavy (non-hydrogen) atoms. The van der Waals surface area contributed by atoms with E-state index in [4.69, 9.17) is 14.5 Å². The molecule has 1 aliphatic heterocycles. The Kier molecular flexibility index (Phi) is 8.71. The van der Waals surface area contributed by atoms with Crippen LogP contribution in [0.3, 0.4) is 0 Å². The summed E-state index contributed by atoms with van der Waals surface area (Å²) in [4.78, 5) is 24.9. The maximum atomic E-state index is 11.6. The molecule has 0 atom stereocenters. The molecule has 1 N–H and O–H groups in total. The van der Waals surface area contributed by atoms with E-state index in [-0.39, 0.29) is 5.91 Å². The van der Waals surface area contributed by atoms with E-state index in [2.05, 4.69) is 22.1 Å². The average Bonchev–Trinajstić information content (AvgIpc) is 2.82. The summed E-state index contributed by atoms with van der Waals surface area (Å²) in [7, 11) is 0. The maximum Gasteiger partial charge on any atom is 0.224 e. The van der Waals surface area contributed by atoms with Crippen molar-refractivity contribution in [3.63, 3.8) is 0 Å². The summed E-state index contributed by atoms with van der Waals surface area (Å²) >= 11 is 0. The molecule has 1 aromatic heterocycles. The van der Waals surface area contributed by atoms with Crippen LogP contribution in [0, 0.1) is 0 Å². The van der Waals surface area contributed by atoms with Gasteiger partial charge in [-0.1, -0.05) is 13.0 Å². The summed E-state index contributed by atoms with van der Waals surface area (Å²) < 4.78 is 11.7. The van der Waals surface area contributed by atoms with Crippen LogP contribution in [0.2, 0.25) is 0 Å². The first kappa shape index (κ1) is 23.4. The Balaban J connectivity index is 1.67. The highest BCUT2D eigenvalue weighted by atomic mass is 16.5. The minimum absolute atomic E-state index is 0.119. The van der Waals surface area contributed by atoms with Crippen LogP contribution in [0.25, 0.3) is 0 Å². The molecule has 1 saturated heterocycles. The zero-order valence-electron chi connectivity index (χ0n) is 19.2. The van der Waals surface area contributed by atoms with Crippen molar-refractivity contribution in [2.75, 3.05) is 39.3 Å². The molecule has 0 saturated carbocycles. The van der Waals surface area contributed by atoms with Crippen molar-refractivity contribution < 1.29 is 14.3 Å². The van der Waals surface area contributed by atoms with Gasteiger partial charge in [0.15, 0.2) is 5.96 Å². The first-order valence-corrected chi connectivity index (χ1v) is 11.2. The number of rotatable bonds is 8. The molecule has 1 fully saturated rings. The first-order valence-electron chi connectivity index (χ1n) is 11.2. The van der Waals surface area contributed by atoms with Gasteiger partial charge in [0.1, 0.15) is 11.5 Å². The van der Waals surface area contributed by atoms with E-state index in [9.17, 15) is 4.79 Å². The standard InChI is InChI=1S/C24H33N5O3/c1-4-17-31-21-8-10-22(11-9-21)32-23-20(7-6-12-26-23)18-27-24(25-5-2)29-15-13-28(14-16-29)19(3)30/h6-12H,4-5,13-18H2,1-3H3,(H,25,27). The number of piperazine rings is 1. The number of pyridine rings is 1. The van der Waals surface area contributed by atoms with E-state index < -0.39 is 0 Å². The van der Waals surface area contributed by atoms with Gasteiger partial charge >= 0.3 is 0 Å². The number of guanidine groups is 1. The van der Waals surface area contributed by atoms with Crippen LogP contribution in [0.15, 0.2) is 47.6 Å². The van der Waals surface area contributed by atoms with Crippen LogP contribution in [-0.2, 0) is 11.3 Å². The van der Waals surface area contributed by atoms with Gasteiger partial charge in [-0.3, -0.25) is 4.79 Å². The lowest BCUT2D eigenvalue weighted by molar-refractivity contribution is -0.130. The predicted octanol–water partition coefficient (Wildman–Crippen LogP) is 3.29. The van der Waals surface area contributed by atoms with Crippen LogP contribution in [-0.4, -0.2) is 66.0 Å². The SMILES string of the molecule is CCCOc1ccc(Oc2ncccc2CN=C(NCC)N2CCN(C(C)=O)CC2)cc1. The summed E-state index contributed by atoms with van der Waals surface area (Å²) in [5.74, 6) is 3.02. The number of ether oxygens (including phenoxy) is 2. The zero-order valence-corrected chi connectivity index (χ0v) is 19.2. The lowest BCUT2D eigenvalue weighted by atomic mass is 10.2. The van der Waals surface area contributed by atoms with E-state index in [1.54, 1.807) is 13.1 Å². The predicted molar refractivity (Wildman–Crippen MR) is 125 cm³/mol. The molecule has 2 heterocycles. The van der Waals surface area contributed by atoms with Crippen LogP contribution in [0.1, 0.15) is 32.8 Å². The van der Waals surface area contributed by atoms with Gasteiger partial charge in [0.05, 0.1) is 13.2 Å². The maximum absolute atomic E-state index is 11.6. The van der Waals surface area contributed by atoms with Crippen LogP contribution < -0.4 is 14.8 Å². The largest absolute Gasteiger partial charge is 0.494 e. The van der Waals surface area contributed by atoms with Crippen LogP contribution in [0.4, 0.5) is 0 Å². The number of nitrogens with one attached hydrogen (secondary N) is 1. The van der Waals surface area contributed by atoms with Gasteiger partial charge in [-0.25, -0.2) is 9.98 Å². The van der Waals surface area contributed by atoms with Crippen molar-refractivity contribution in [2.45, 2.75) is 33.7 Å². The lowest BCUT2D eigenvalue weighted by Crippen LogP contribution is -2.53. The molecule has 1 aliphatic rings. The second-order valence-corrected chi connectivity index (χ2v) is 7.55. The number of carbonyl (C=O) groups is 1. The topological polar surface area (TPSA) is 79.3 Å². The molecule has 0 radical (unpaired) electrons. The number of aliphatic imine (C=N–C) groups is 1. The fourth-order valence-electron chi connectivity index (χ4n) is 3.39. The zero-order chi connectivity index (χ0) is 22.8. The highest BCUT2D eigenvalue weighted by molar-refractivity contribution is 5.80. The van der Waals surface area contributed by atoms with E-state index in [1.165, 1.54) is 0 Å². The van der Waals surface area contributed by atoms with Gasteiger partial charge in [-0.15, -0.1) is 0 Å². The van der Waals surface area contributed by atoms with E-state index in [0.717, 1.165) is 43.3 Å². The Hall–Kier alpha value is -3.29. The number of benzene rings is 1. The van der Waals surface area contributed by atoms with Gasteiger partial charge in [0.25, 0.3) is 0 Å². The molecule has 0 unspecified atom stereocenters. The second-order valence-electron chi connectivity index (χ2n) is 7.55. The van der Waals surface area contributed by atoms with Gasteiger partial charge in [0, 0.05) is 51.4 Å². The Morgan fingerprint density at radius 3 is 2.41 bits per heavy atom. The first-order chi connectivity index (χ1) is 15.6. The number of hydrogen-bond donors (Lipinski definition) is 1. The van der Waals surface area contributed by atoms with Gasteiger partial charge in [-0.05, 0) is 43.7 Å². The normalized spacial score (nSPS) is 14.3. The third-order valence-corrected chi connectivity index (χ3v) is 5.12. The number of aromatic nitrogens is 1. The molecule has 0 aliphatic carbocycles. The molecule has 1 aromatic carbocycles. The molecule has 3 rings (SSSR count). The Labute approximate surface area is 190 Å². The minimum atomic E-state index is 0.119. The third kappa shape index (κ3) is 6.60. The Morgan fingerprint density at radius 2 is 1.75 bits per heavy atom. The fraction of sp³-hybridized carbons (Fsp3) is 0.458. The second kappa shape index (κ2) is 11.9. The lowest BCUT2D eigenvalue weighted by Gasteiger charge is -2.36. The monoisotopic (exact) mass is 439 g/mol. The Bertz CT molecular complexity index is 893. The molecular formula is C24H33N5O3. The van der Waals surface area contributed by atoms with Crippen LogP contribution in [0.5, 0.6) is 17.4 Å². The highest BCUT2D eigenvalue weighted by Gasteiger charge is 2.21. The van der Waals surface area contributed by atoms with Crippen molar-refractivity contribution in [3.8, 4) is 17.4 Å². The molecule has 172 valence electrons. The van der Waals surface area contributed by atoms with Crippen molar-refractivity contribution >= 4 is 11.9 Å². The quantitative estimate of drug-likeness (QED) is 0.502. The number of carbonyl (C=O) groups excluding carboxylic acids is 1. The fourth-order valence-corrected chi connectivity index (χ4v) is 3.39. The van der Waals surface area contributed by atoms with Crippen LogP contribution >= 0.6 is 0 Å². The molecule has 0 bridgehead atoms. The van der Waals surface area contributed by atoms with E-state index >= 15 is 0 Å². The summed E-state index contributed by atoms with van der Waals surface area (Å²) in [6.07, 6.45) is 2.69. The third-order valence-electron chi connectivity index (χ3n) is 5.12. The van der Waals surface area contributed by atoms with Crippen molar-refractivity contribution in [3.05, 3.63) is 48.2 Å². The number of nitrogens with zero attached hydrogens (tertiary/aromatic N) is 4. The average molecular weight is 440 g/mol. The number of hydrogen-bond acceptors (Lipinski definition) is 5. The number of amides is 1. The van der Waals surface area contributed by atoms with Crippen molar-refractivity contribution in [1.29, 1.82) is 0 Å². The molecule has 2 aromatic rings. The van der Waals surface area contributed by atoms with E-state index in [0.29, 0.717) is 37.9 Å². The minimum Gasteiger partial charge on any atom is -0.494 e. The summed E-state index contributed by atoms with van der Waals surface area (Å²) in [6.45, 7) is 10.6. The molecule has 0 spiro atoms. The van der Waals surface area contributed by atoms with Gasteiger partial charge in [0.2, 0.25) is 11.8 Å². The van der Waals surface area contributed by atoms with Crippen molar-refractivity contribution in [1.82, 2.24) is 20.1 Å². The molecule has 8 heteroatoms. The smallest absolute Gasteiger partial charge is 0.224 e. The summed E-state index contributed by atoms with van der Waals surface area (Å²) in [5, 5.41) is 3.36. The van der Waals surface area contributed by atoms with Gasteiger partial charge in [-0.2, -0.15) is 0 Å². The highest BCUT2D eigenvalue weighted by Crippen LogP contribution is 2.25. The van der Waals surface area contributed by atoms with Gasteiger partial charge < -0.3 is 24.6 Å². The summed E-state index contributed by atoms with van der Waals surface area (Å²) in [5.41, 5.74) is 0.900. The molecule has 1 amide bonds.